The molecule has 1 saturated carbocycles. The number of Topliss-reactive ketones (excluding diaryl/α,β-unsaturated/α-hetero) is 1. The molecule has 0 aromatic rings. The van der Waals surface area contributed by atoms with E-state index >= 15 is 0 Å². The van der Waals surface area contributed by atoms with Crippen LogP contribution in [0.15, 0.2) is 0 Å². The molecular weight excluding hydrogens is 224 g/mol. The van der Waals surface area contributed by atoms with Crippen molar-refractivity contribution in [1.29, 1.82) is 0 Å². The molecule has 0 unspecified atom stereocenters. The van der Waals surface area contributed by atoms with E-state index in [1.807, 2.05) is 6.92 Å². The van der Waals surface area contributed by atoms with Gasteiger partial charge in [-0.1, -0.05) is 39.0 Å². The van der Waals surface area contributed by atoms with E-state index in [2.05, 4.69) is 25.7 Å². The zero-order chi connectivity index (χ0) is 13.4. The molecule has 0 radical (unpaired) electrons. The highest BCUT2D eigenvalue weighted by Crippen LogP contribution is 2.37. The van der Waals surface area contributed by atoms with Gasteiger partial charge in [0.25, 0.3) is 0 Å². The first-order valence-corrected chi connectivity index (χ1v) is 7.16. The zero-order valence-electron chi connectivity index (χ0n) is 12.1. The van der Waals surface area contributed by atoms with Crippen LogP contribution >= 0.6 is 0 Å². The Morgan fingerprint density at radius 2 is 1.94 bits per heavy atom. The minimum atomic E-state index is -0.353. The first-order valence-electron chi connectivity index (χ1n) is 7.16. The lowest BCUT2D eigenvalue weighted by atomic mass is 9.71. The molecule has 0 amide bonds. The monoisotopic (exact) mass is 250 g/mol. The van der Waals surface area contributed by atoms with Crippen molar-refractivity contribution in [3.63, 3.8) is 0 Å². The Morgan fingerprint density at radius 3 is 2.50 bits per heavy atom. The average Bonchev–Trinajstić information content (AvgIpc) is 2.35. The fraction of sp³-hybridized carbons (Fsp3) is 0.812. The van der Waals surface area contributed by atoms with E-state index in [1.54, 1.807) is 0 Å². The van der Waals surface area contributed by atoms with E-state index < -0.39 is 0 Å². The fourth-order valence-corrected chi connectivity index (χ4v) is 2.59. The van der Waals surface area contributed by atoms with E-state index in [0.29, 0.717) is 24.7 Å². The molecule has 0 spiro atoms. The van der Waals surface area contributed by atoms with Crippen LogP contribution in [0, 0.1) is 23.2 Å². The van der Waals surface area contributed by atoms with Gasteiger partial charge in [0.15, 0.2) is 5.78 Å². The second-order valence-corrected chi connectivity index (χ2v) is 5.66. The molecular formula is C16H26O2. The van der Waals surface area contributed by atoms with Gasteiger partial charge in [0.1, 0.15) is 0 Å². The van der Waals surface area contributed by atoms with Crippen molar-refractivity contribution in [2.24, 2.45) is 11.3 Å². The maximum atomic E-state index is 12.4. The third-order valence-corrected chi connectivity index (χ3v) is 3.53. The van der Waals surface area contributed by atoms with Gasteiger partial charge in [-0.15, -0.1) is 5.92 Å². The van der Waals surface area contributed by atoms with Gasteiger partial charge in [-0.3, -0.25) is 4.79 Å². The third-order valence-electron chi connectivity index (χ3n) is 3.53. The summed E-state index contributed by atoms with van der Waals surface area (Å²) in [5.74, 6) is 6.97. The van der Waals surface area contributed by atoms with Crippen LogP contribution in [0.3, 0.4) is 0 Å². The van der Waals surface area contributed by atoms with Crippen LogP contribution in [0.2, 0.25) is 0 Å². The van der Waals surface area contributed by atoms with Crippen molar-refractivity contribution in [2.75, 3.05) is 13.2 Å². The van der Waals surface area contributed by atoms with Gasteiger partial charge in [-0.05, 0) is 25.7 Å². The summed E-state index contributed by atoms with van der Waals surface area (Å²) in [4.78, 5) is 12.4. The van der Waals surface area contributed by atoms with Crippen molar-refractivity contribution in [3.05, 3.63) is 0 Å². The van der Waals surface area contributed by atoms with Crippen LogP contribution in [-0.4, -0.2) is 19.0 Å². The number of hydrogen-bond donors (Lipinski definition) is 0. The van der Waals surface area contributed by atoms with Crippen LogP contribution in [0.5, 0.6) is 0 Å². The van der Waals surface area contributed by atoms with Gasteiger partial charge in [0, 0.05) is 13.0 Å². The zero-order valence-corrected chi connectivity index (χ0v) is 12.1. The molecule has 0 aromatic heterocycles. The summed E-state index contributed by atoms with van der Waals surface area (Å²) in [7, 11) is 0. The molecule has 1 fully saturated rings. The fourth-order valence-electron chi connectivity index (χ4n) is 2.59. The van der Waals surface area contributed by atoms with Gasteiger partial charge in [-0.25, -0.2) is 0 Å². The maximum Gasteiger partial charge on any atom is 0.153 e. The first kappa shape index (κ1) is 15.2. The predicted octanol–water partition coefficient (Wildman–Crippen LogP) is 3.59. The van der Waals surface area contributed by atoms with E-state index in [1.165, 1.54) is 6.42 Å². The summed E-state index contributed by atoms with van der Waals surface area (Å²) in [6.45, 7) is 7.35. The Labute approximate surface area is 111 Å². The topological polar surface area (TPSA) is 26.3 Å². The van der Waals surface area contributed by atoms with Crippen LogP contribution in [0.4, 0.5) is 0 Å². The lowest BCUT2D eigenvalue weighted by molar-refractivity contribution is -0.128. The molecule has 1 aliphatic rings. The molecule has 2 heteroatoms. The largest absolute Gasteiger partial charge is 0.381 e. The second-order valence-electron chi connectivity index (χ2n) is 5.66. The lowest BCUT2D eigenvalue weighted by Crippen LogP contribution is -2.33. The Kier molecular flexibility index (Phi) is 6.43. The quantitative estimate of drug-likeness (QED) is 0.532. The smallest absolute Gasteiger partial charge is 0.153 e. The number of rotatable bonds is 6. The van der Waals surface area contributed by atoms with E-state index in [-0.39, 0.29) is 5.41 Å². The standard InChI is InChI=1S/C16H26O2/c1-4-9-16(10-6-5-7-11-16)15(17)8-12-18-13-14(2)3/h14H,5-8,10-13H2,1-3H3. The highest BCUT2D eigenvalue weighted by atomic mass is 16.5. The second kappa shape index (κ2) is 7.59. The van der Waals surface area contributed by atoms with E-state index in [4.69, 9.17) is 4.74 Å². The number of hydrogen-bond acceptors (Lipinski definition) is 2. The van der Waals surface area contributed by atoms with Crippen molar-refractivity contribution >= 4 is 5.78 Å². The van der Waals surface area contributed by atoms with Gasteiger partial charge in [0.05, 0.1) is 12.0 Å². The Morgan fingerprint density at radius 1 is 1.28 bits per heavy atom. The average molecular weight is 250 g/mol. The van der Waals surface area contributed by atoms with Crippen molar-refractivity contribution in [3.8, 4) is 11.8 Å². The molecule has 0 N–H and O–H groups in total. The summed E-state index contributed by atoms with van der Waals surface area (Å²) in [5, 5.41) is 0. The Balaban J connectivity index is 2.47. The molecule has 2 nitrogen and oxygen atoms in total. The SMILES string of the molecule is CC#CC1(C(=O)CCOCC(C)C)CCCCC1. The Hall–Kier alpha value is -0.810. The van der Waals surface area contributed by atoms with Crippen LogP contribution < -0.4 is 0 Å². The number of carbonyl (C=O) groups excluding carboxylic acids is 1. The molecule has 0 atom stereocenters. The van der Waals surface area contributed by atoms with Crippen molar-refractivity contribution in [2.45, 2.75) is 59.3 Å². The lowest BCUT2D eigenvalue weighted by Gasteiger charge is -2.31. The summed E-state index contributed by atoms with van der Waals surface area (Å²) in [5.41, 5.74) is -0.353. The van der Waals surface area contributed by atoms with E-state index in [0.717, 1.165) is 32.3 Å². The van der Waals surface area contributed by atoms with Gasteiger partial charge in [-0.2, -0.15) is 0 Å². The minimum Gasteiger partial charge on any atom is -0.381 e. The summed E-state index contributed by atoms with van der Waals surface area (Å²) in [6, 6.07) is 0. The van der Waals surface area contributed by atoms with Crippen LogP contribution in [-0.2, 0) is 9.53 Å². The third kappa shape index (κ3) is 4.46. The molecule has 1 rings (SSSR count). The molecule has 102 valence electrons. The molecule has 0 aliphatic heterocycles. The van der Waals surface area contributed by atoms with Gasteiger partial charge in [0.2, 0.25) is 0 Å². The summed E-state index contributed by atoms with van der Waals surface area (Å²) >= 11 is 0. The van der Waals surface area contributed by atoms with Crippen molar-refractivity contribution in [1.82, 2.24) is 0 Å². The predicted molar refractivity (Wildman–Crippen MR) is 74.2 cm³/mol. The Bertz CT molecular complexity index is 314. The molecule has 0 bridgehead atoms. The van der Waals surface area contributed by atoms with Gasteiger partial charge >= 0.3 is 0 Å². The minimum absolute atomic E-state index is 0.292. The summed E-state index contributed by atoms with van der Waals surface area (Å²) in [6.07, 6.45) is 5.90. The van der Waals surface area contributed by atoms with Gasteiger partial charge < -0.3 is 4.74 Å². The van der Waals surface area contributed by atoms with E-state index in [9.17, 15) is 4.79 Å². The number of carbonyl (C=O) groups is 1. The summed E-state index contributed by atoms with van der Waals surface area (Å²) < 4.78 is 5.51. The molecule has 0 saturated heterocycles. The van der Waals surface area contributed by atoms with Crippen LogP contribution in [0.25, 0.3) is 0 Å². The van der Waals surface area contributed by atoms with Crippen LogP contribution in [0.1, 0.15) is 59.3 Å². The highest BCUT2D eigenvalue weighted by Gasteiger charge is 2.36. The normalized spacial score (nSPS) is 18.2. The number of ketones is 1. The first-order chi connectivity index (χ1) is 8.60. The van der Waals surface area contributed by atoms with Crippen molar-refractivity contribution < 1.29 is 9.53 Å². The number of ether oxygens (including phenoxy) is 1. The molecule has 18 heavy (non-hydrogen) atoms. The highest BCUT2D eigenvalue weighted by molar-refractivity contribution is 5.88. The molecule has 0 aromatic carbocycles. The molecule has 0 heterocycles. The molecule has 1 aliphatic carbocycles. The maximum absolute atomic E-state index is 12.4.